The lowest BCUT2D eigenvalue weighted by atomic mass is 10.1. The third-order valence-corrected chi connectivity index (χ3v) is 3.42. The first-order valence-corrected chi connectivity index (χ1v) is 6.64. The molecule has 1 N–H and O–H groups in total. The molecule has 0 aliphatic heterocycles. The van der Waals surface area contributed by atoms with Gasteiger partial charge in [0.2, 0.25) is 0 Å². The van der Waals surface area contributed by atoms with Gasteiger partial charge in [0.1, 0.15) is 5.75 Å². The average Bonchev–Trinajstić information content (AvgIpc) is 2.43. The van der Waals surface area contributed by atoms with Crippen LogP contribution in [0.1, 0.15) is 24.1 Å². The fourth-order valence-electron chi connectivity index (χ4n) is 1.96. The van der Waals surface area contributed by atoms with Gasteiger partial charge in [-0.05, 0) is 49.2 Å². The van der Waals surface area contributed by atoms with Crippen molar-refractivity contribution >= 4 is 17.3 Å². The first kappa shape index (κ1) is 13.8. The number of hydrogen-bond acceptors (Lipinski definition) is 2. The Kier molecular flexibility index (Phi) is 4.33. The number of methoxy groups -OCH3 is 1. The summed E-state index contributed by atoms with van der Waals surface area (Å²) in [5.74, 6) is 0.870. The van der Waals surface area contributed by atoms with E-state index in [1.165, 1.54) is 11.1 Å². The molecule has 19 heavy (non-hydrogen) atoms. The minimum atomic E-state index is 0.211. The summed E-state index contributed by atoms with van der Waals surface area (Å²) >= 11 is 6.03. The van der Waals surface area contributed by atoms with Crippen LogP contribution in [0.5, 0.6) is 5.75 Å². The van der Waals surface area contributed by atoms with Crippen LogP contribution in [0.15, 0.2) is 42.5 Å². The van der Waals surface area contributed by atoms with Crippen LogP contribution < -0.4 is 10.1 Å². The molecule has 0 bridgehead atoms. The van der Waals surface area contributed by atoms with Crippen LogP contribution in [0.3, 0.4) is 0 Å². The molecule has 100 valence electrons. The molecule has 0 aliphatic carbocycles. The van der Waals surface area contributed by atoms with E-state index in [0.29, 0.717) is 0 Å². The van der Waals surface area contributed by atoms with E-state index in [2.05, 4.69) is 31.3 Å². The second-order valence-corrected chi connectivity index (χ2v) is 5.03. The Hall–Kier alpha value is -1.67. The monoisotopic (exact) mass is 275 g/mol. The van der Waals surface area contributed by atoms with E-state index >= 15 is 0 Å². The highest BCUT2D eigenvalue weighted by molar-refractivity contribution is 6.30. The van der Waals surface area contributed by atoms with Crippen molar-refractivity contribution in [3.63, 3.8) is 0 Å². The van der Waals surface area contributed by atoms with E-state index in [4.69, 9.17) is 16.3 Å². The molecular weight excluding hydrogens is 258 g/mol. The zero-order valence-corrected chi connectivity index (χ0v) is 12.2. The lowest BCUT2D eigenvalue weighted by Crippen LogP contribution is -2.07. The maximum atomic E-state index is 6.03. The lowest BCUT2D eigenvalue weighted by Gasteiger charge is -2.18. The van der Waals surface area contributed by atoms with Gasteiger partial charge in [-0.15, -0.1) is 0 Å². The van der Waals surface area contributed by atoms with Crippen LogP contribution in [-0.4, -0.2) is 7.11 Å². The molecular formula is C16H18ClNO. The third-order valence-electron chi connectivity index (χ3n) is 3.19. The number of benzene rings is 2. The molecule has 2 aromatic carbocycles. The van der Waals surface area contributed by atoms with Crippen LogP contribution in [0.25, 0.3) is 0 Å². The Morgan fingerprint density at radius 2 is 1.79 bits per heavy atom. The number of hydrogen-bond donors (Lipinski definition) is 1. The second kappa shape index (κ2) is 5.98. The Morgan fingerprint density at radius 1 is 1.11 bits per heavy atom. The first-order chi connectivity index (χ1) is 9.10. The van der Waals surface area contributed by atoms with Gasteiger partial charge in [-0.25, -0.2) is 0 Å². The Morgan fingerprint density at radius 3 is 2.42 bits per heavy atom. The Labute approximate surface area is 119 Å². The van der Waals surface area contributed by atoms with E-state index in [0.717, 1.165) is 16.5 Å². The van der Waals surface area contributed by atoms with E-state index in [1.807, 2.05) is 30.3 Å². The number of nitrogens with one attached hydrogen (secondary N) is 1. The van der Waals surface area contributed by atoms with Crippen molar-refractivity contribution in [3.8, 4) is 5.75 Å². The minimum absolute atomic E-state index is 0.211. The molecule has 0 saturated carbocycles. The van der Waals surface area contributed by atoms with E-state index in [9.17, 15) is 0 Å². The highest BCUT2D eigenvalue weighted by atomic mass is 35.5. The molecule has 0 spiro atoms. The van der Waals surface area contributed by atoms with Gasteiger partial charge in [0.15, 0.2) is 0 Å². The summed E-state index contributed by atoms with van der Waals surface area (Å²) < 4.78 is 5.16. The van der Waals surface area contributed by atoms with Crippen molar-refractivity contribution in [2.24, 2.45) is 0 Å². The van der Waals surface area contributed by atoms with Gasteiger partial charge in [-0.2, -0.15) is 0 Å². The first-order valence-electron chi connectivity index (χ1n) is 6.27. The van der Waals surface area contributed by atoms with Gasteiger partial charge in [-0.3, -0.25) is 0 Å². The maximum Gasteiger partial charge on any atom is 0.118 e. The SMILES string of the molecule is COc1ccc(C(C)Nc2cc(Cl)ccc2C)cc1. The fourth-order valence-corrected chi connectivity index (χ4v) is 2.13. The van der Waals surface area contributed by atoms with Gasteiger partial charge < -0.3 is 10.1 Å². The topological polar surface area (TPSA) is 21.3 Å². The predicted molar refractivity (Wildman–Crippen MR) is 81.2 cm³/mol. The molecule has 0 aromatic heterocycles. The summed E-state index contributed by atoms with van der Waals surface area (Å²) in [6, 6.07) is 14.2. The largest absolute Gasteiger partial charge is 0.497 e. The normalized spacial score (nSPS) is 12.0. The Balaban J connectivity index is 2.15. The van der Waals surface area contributed by atoms with Crippen LogP contribution in [0.4, 0.5) is 5.69 Å². The van der Waals surface area contributed by atoms with E-state index < -0.39 is 0 Å². The molecule has 0 radical (unpaired) electrons. The van der Waals surface area contributed by atoms with Crippen molar-refractivity contribution in [1.82, 2.24) is 0 Å². The summed E-state index contributed by atoms with van der Waals surface area (Å²) in [6.07, 6.45) is 0. The van der Waals surface area contributed by atoms with Crippen LogP contribution in [-0.2, 0) is 0 Å². The molecule has 0 aliphatic rings. The number of rotatable bonds is 4. The summed E-state index contributed by atoms with van der Waals surface area (Å²) in [6.45, 7) is 4.20. The minimum Gasteiger partial charge on any atom is -0.497 e. The number of ether oxygens (including phenoxy) is 1. The molecule has 3 heteroatoms. The van der Waals surface area contributed by atoms with Gasteiger partial charge in [0.05, 0.1) is 7.11 Å². The third kappa shape index (κ3) is 3.42. The van der Waals surface area contributed by atoms with Gasteiger partial charge in [0, 0.05) is 16.8 Å². The van der Waals surface area contributed by atoms with Crippen LogP contribution in [0.2, 0.25) is 5.02 Å². The fraction of sp³-hybridized carbons (Fsp3) is 0.250. The van der Waals surface area contributed by atoms with Crippen molar-refractivity contribution in [3.05, 3.63) is 58.6 Å². The molecule has 0 fully saturated rings. The molecule has 0 saturated heterocycles. The average molecular weight is 276 g/mol. The maximum absolute atomic E-state index is 6.03. The quantitative estimate of drug-likeness (QED) is 0.863. The number of halogens is 1. The van der Waals surface area contributed by atoms with Crippen LogP contribution >= 0.6 is 11.6 Å². The van der Waals surface area contributed by atoms with Crippen molar-refractivity contribution < 1.29 is 4.74 Å². The van der Waals surface area contributed by atoms with Gasteiger partial charge in [0.25, 0.3) is 0 Å². The molecule has 2 rings (SSSR count). The summed E-state index contributed by atoms with van der Waals surface area (Å²) in [5.41, 5.74) is 3.46. The molecule has 2 nitrogen and oxygen atoms in total. The molecule has 1 atom stereocenters. The van der Waals surface area contributed by atoms with Crippen molar-refractivity contribution in [2.45, 2.75) is 19.9 Å². The Bertz CT molecular complexity index is 551. The number of aryl methyl sites for hydroxylation is 1. The van der Waals surface area contributed by atoms with Crippen molar-refractivity contribution in [1.29, 1.82) is 0 Å². The number of anilines is 1. The standard InChI is InChI=1S/C16H18ClNO/c1-11-4-7-14(17)10-16(11)18-12(2)13-5-8-15(19-3)9-6-13/h4-10,12,18H,1-3H3. The molecule has 0 heterocycles. The highest BCUT2D eigenvalue weighted by Gasteiger charge is 2.07. The second-order valence-electron chi connectivity index (χ2n) is 4.60. The van der Waals surface area contributed by atoms with Gasteiger partial charge >= 0.3 is 0 Å². The summed E-state index contributed by atoms with van der Waals surface area (Å²) in [4.78, 5) is 0. The van der Waals surface area contributed by atoms with E-state index in [1.54, 1.807) is 7.11 Å². The predicted octanol–water partition coefficient (Wildman–Crippen LogP) is 4.83. The molecule has 2 aromatic rings. The summed E-state index contributed by atoms with van der Waals surface area (Å²) in [7, 11) is 1.67. The smallest absolute Gasteiger partial charge is 0.118 e. The van der Waals surface area contributed by atoms with Crippen molar-refractivity contribution in [2.75, 3.05) is 12.4 Å². The van der Waals surface area contributed by atoms with Gasteiger partial charge in [-0.1, -0.05) is 29.8 Å². The molecule has 1 unspecified atom stereocenters. The lowest BCUT2D eigenvalue weighted by molar-refractivity contribution is 0.414. The van der Waals surface area contributed by atoms with E-state index in [-0.39, 0.29) is 6.04 Å². The molecule has 0 amide bonds. The van der Waals surface area contributed by atoms with Crippen LogP contribution in [0, 0.1) is 6.92 Å². The zero-order chi connectivity index (χ0) is 13.8. The highest BCUT2D eigenvalue weighted by Crippen LogP contribution is 2.26. The summed E-state index contributed by atoms with van der Waals surface area (Å²) in [5, 5.41) is 4.22. The zero-order valence-electron chi connectivity index (χ0n) is 11.4.